The first-order chi connectivity index (χ1) is 8.70. The van der Waals surface area contributed by atoms with Crippen molar-refractivity contribution in [1.29, 1.82) is 0 Å². The molecule has 0 aromatic heterocycles. The summed E-state index contributed by atoms with van der Waals surface area (Å²) in [4.78, 5) is 0. The van der Waals surface area contributed by atoms with Gasteiger partial charge in [0.1, 0.15) is 0 Å². The van der Waals surface area contributed by atoms with Crippen LogP contribution >= 0.6 is 0 Å². The van der Waals surface area contributed by atoms with Crippen molar-refractivity contribution in [2.45, 2.75) is 99.8 Å². The van der Waals surface area contributed by atoms with Gasteiger partial charge in [-0.25, -0.2) is 0 Å². The van der Waals surface area contributed by atoms with E-state index in [9.17, 15) is 0 Å². The molecule has 0 fully saturated rings. The van der Waals surface area contributed by atoms with Crippen molar-refractivity contribution in [2.75, 3.05) is 0 Å². The van der Waals surface area contributed by atoms with Gasteiger partial charge in [0, 0.05) is 0 Å². The molecule has 0 unspecified atom stereocenters. The lowest BCUT2D eigenvalue weighted by Gasteiger charge is -2.32. The van der Waals surface area contributed by atoms with Gasteiger partial charge in [0.15, 0.2) is 0 Å². The van der Waals surface area contributed by atoms with Crippen molar-refractivity contribution in [2.24, 2.45) is 10.8 Å². The van der Waals surface area contributed by atoms with Crippen LogP contribution in [0.5, 0.6) is 0 Å². The molecule has 0 heteroatoms. The Morgan fingerprint density at radius 3 is 1.68 bits per heavy atom. The van der Waals surface area contributed by atoms with E-state index < -0.39 is 0 Å². The zero-order chi connectivity index (χ0) is 14.9. The van der Waals surface area contributed by atoms with Crippen LogP contribution in [0.1, 0.15) is 99.8 Å². The van der Waals surface area contributed by atoms with Gasteiger partial charge in [0.25, 0.3) is 0 Å². The minimum Gasteiger partial charge on any atom is -0.0848 e. The molecule has 0 aliphatic heterocycles. The van der Waals surface area contributed by atoms with Gasteiger partial charge in [-0.05, 0) is 49.4 Å². The first-order valence-electron chi connectivity index (χ1n) is 8.38. The number of unbranched alkanes of at least 4 members (excludes halogenated alkanes) is 2. The fraction of sp³-hybridized carbons (Fsp3) is 0.895. The Morgan fingerprint density at radius 2 is 1.32 bits per heavy atom. The van der Waals surface area contributed by atoms with Crippen molar-refractivity contribution in [3.63, 3.8) is 0 Å². The van der Waals surface area contributed by atoms with E-state index in [1.54, 1.807) is 5.57 Å². The van der Waals surface area contributed by atoms with Gasteiger partial charge in [0.2, 0.25) is 0 Å². The van der Waals surface area contributed by atoms with Crippen LogP contribution < -0.4 is 0 Å². The largest absolute Gasteiger partial charge is 0.0848 e. The van der Waals surface area contributed by atoms with Crippen molar-refractivity contribution in [3.05, 3.63) is 11.6 Å². The van der Waals surface area contributed by atoms with E-state index in [1.165, 1.54) is 51.4 Å². The van der Waals surface area contributed by atoms with Crippen LogP contribution in [0.2, 0.25) is 0 Å². The highest BCUT2D eigenvalue weighted by Gasteiger charge is 2.24. The molecule has 114 valence electrons. The minimum absolute atomic E-state index is 0.432. The second kappa shape index (κ2) is 8.82. The molecule has 0 radical (unpaired) electrons. The molecule has 0 spiro atoms. The number of rotatable bonds is 9. The molecule has 0 N–H and O–H groups in total. The summed E-state index contributed by atoms with van der Waals surface area (Å²) < 4.78 is 0. The van der Waals surface area contributed by atoms with Crippen LogP contribution in [-0.4, -0.2) is 0 Å². The first-order valence-corrected chi connectivity index (χ1v) is 8.38. The summed E-state index contributed by atoms with van der Waals surface area (Å²) in [6.45, 7) is 16.5. The summed E-state index contributed by atoms with van der Waals surface area (Å²) in [6.07, 6.45) is 13.1. The maximum Gasteiger partial charge on any atom is -0.0296 e. The highest BCUT2D eigenvalue weighted by Crippen LogP contribution is 2.36. The topological polar surface area (TPSA) is 0 Å². The zero-order valence-corrected chi connectivity index (χ0v) is 14.7. The summed E-state index contributed by atoms with van der Waals surface area (Å²) in [5.41, 5.74) is 2.58. The normalized spacial score (nSPS) is 12.6. The SMILES string of the molecule is CCCCC(=CCC(C)(C)CC(C)(C)C)CCCC. The average molecular weight is 267 g/mol. The van der Waals surface area contributed by atoms with E-state index in [2.05, 4.69) is 54.5 Å². The smallest absolute Gasteiger partial charge is 0.0296 e. The van der Waals surface area contributed by atoms with Gasteiger partial charge in [-0.3, -0.25) is 0 Å². The highest BCUT2D eigenvalue weighted by molar-refractivity contribution is 5.04. The maximum atomic E-state index is 2.57. The van der Waals surface area contributed by atoms with E-state index in [1.807, 2.05) is 0 Å². The van der Waals surface area contributed by atoms with E-state index >= 15 is 0 Å². The summed E-state index contributed by atoms with van der Waals surface area (Å²) >= 11 is 0. The van der Waals surface area contributed by atoms with Crippen molar-refractivity contribution in [1.82, 2.24) is 0 Å². The Hall–Kier alpha value is -0.260. The second-order valence-corrected chi connectivity index (χ2v) is 8.18. The molecule has 0 nitrogen and oxygen atoms in total. The Balaban J connectivity index is 4.47. The number of allylic oxidation sites excluding steroid dienone is 2. The molecule has 0 bridgehead atoms. The fourth-order valence-corrected chi connectivity index (χ4v) is 3.07. The second-order valence-electron chi connectivity index (χ2n) is 8.18. The molecule has 0 amide bonds. The van der Waals surface area contributed by atoms with Gasteiger partial charge in [-0.15, -0.1) is 0 Å². The van der Waals surface area contributed by atoms with Crippen LogP contribution in [0.3, 0.4) is 0 Å². The van der Waals surface area contributed by atoms with Gasteiger partial charge in [-0.1, -0.05) is 73.0 Å². The van der Waals surface area contributed by atoms with Crippen LogP contribution in [0.25, 0.3) is 0 Å². The molecule has 0 atom stereocenters. The predicted molar refractivity (Wildman–Crippen MR) is 89.6 cm³/mol. The summed E-state index contributed by atoms with van der Waals surface area (Å²) in [7, 11) is 0. The van der Waals surface area contributed by atoms with Gasteiger partial charge < -0.3 is 0 Å². The molecule has 0 saturated heterocycles. The molecule has 0 rings (SSSR count). The molecular formula is C19H38. The van der Waals surface area contributed by atoms with E-state index in [0.29, 0.717) is 10.8 Å². The lowest BCUT2D eigenvalue weighted by molar-refractivity contribution is 0.214. The van der Waals surface area contributed by atoms with Gasteiger partial charge in [0.05, 0.1) is 0 Å². The Morgan fingerprint density at radius 1 is 0.842 bits per heavy atom. The average Bonchev–Trinajstić information content (AvgIpc) is 2.25. The van der Waals surface area contributed by atoms with Crippen LogP contribution in [0, 0.1) is 10.8 Å². The molecule has 19 heavy (non-hydrogen) atoms. The van der Waals surface area contributed by atoms with Crippen LogP contribution in [0.15, 0.2) is 11.6 Å². The Kier molecular flexibility index (Phi) is 8.70. The molecule has 0 saturated carbocycles. The summed E-state index contributed by atoms with van der Waals surface area (Å²) in [5.74, 6) is 0. The Bertz CT molecular complexity index is 240. The van der Waals surface area contributed by atoms with Crippen LogP contribution in [0.4, 0.5) is 0 Å². The van der Waals surface area contributed by atoms with E-state index in [0.717, 1.165) is 0 Å². The first kappa shape index (κ1) is 18.7. The zero-order valence-electron chi connectivity index (χ0n) is 14.7. The monoisotopic (exact) mass is 266 g/mol. The third-order valence-electron chi connectivity index (χ3n) is 3.66. The summed E-state index contributed by atoms with van der Waals surface area (Å²) in [6, 6.07) is 0. The van der Waals surface area contributed by atoms with Crippen molar-refractivity contribution < 1.29 is 0 Å². The molecule has 0 aliphatic carbocycles. The molecular weight excluding hydrogens is 228 g/mol. The van der Waals surface area contributed by atoms with E-state index in [4.69, 9.17) is 0 Å². The third-order valence-corrected chi connectivity index (χ3v) is 3.66. The van der Waals surface area contributed by atoms with Crippen LogP contribution in [-0.2, 0) is 0 Å². The molecule has 0 aliphatic rings. The lowest BCUT2D eigenvalue weighted by atomic mass is 9.74. The molecule has 0 heterocycles. The molecule has 0 aromatic carbocycles. The lowest BCUT2D eigenvalue weighted by Crippen LogP contribution is -2.20. The minimum atomic E-state index is 0.432. The predicted octanol–water partition coefficient (Wildman–Crippen LogP) is 7.15. The number of hydrogen-bond acceptors (Lipinski definition) is 0. The maximum absolute atomic E-state index is 2.57. The standard InChI is InChI=1S/C19H38/c1-8-10-12-17(13-11-9-2)14-15-19(6,7)16-18(3,4)5/h14H,8-13,15-16H2,1-7H3. The molecule has 0 aromatic rings. The van der Waals surface area contributed by atoms with Crippen molar-refractivity contribution >= 4 is 0 Å². The van der Waals surface area contributed by atoms with Crippen molar-refractivity contribution in [3.8, 4) is 0 Å². The quantitative estimate of drug-likeness (QED) is 0.389. The Labute approximate surface area is 123 Å². The third kappa shape index (κ3) is 11.3. The summed E-state index contributed by atoms with van der Waals surface area (Å²) in [5, 5.41) is 0. The number of hydrogen-bond donors (Lipinski definition) is 0. The van der Waals surface area contributed by atoms with Gasteiger partial charge in [-0.2, -0.15) is 0 Å². The highest BCUT2D eigenvalue weighted by atomic mass is 14.3. The van der Waals surface area contributed by atoms with Gasteiger partial charge >= 0.3 is 0 Å². The fourth-order valence-electron chi connectivity index (χ4n) is 3.07. The van der Waals surface area contributed by atoms with E-state index in [-0.39, 0.29) is 0 Å².